The molecule has 3 aromatic carbocycles. The van der Waals surface area contributed by atoms with Crippen LogP contribution in [0.5, 0.6) is 0 Å². The van der Waals surface area contributed by atoms with Crippen molar-refractivity contribution in [2.45, 2.75) is 205 Å². The number of fused-ring (bicyclic) bond motifs is 3. The van der Waals surface area contributed by atoms with Crippen LogP contribution in [0.3, 0.4) is 0 Å². The second kappa shape index (κ2) is 25.3. The second-order valence-electron chi connectivity index (χ2n) is 22.5. The minimum Gasteiger partial charge on any atom is -0.459 e. The van der Waals surface area contributed by atoms with E-state index in [-0.39, 0.29) is 56.2 Å². The quantitative estimate of drug-likeness (QED) is 0.0588. The van der Waals surface area contributed by atoms with E-state index >= 15 is 0 Å². The van der Waals surface area contributed by atoms with Crippen LogP contribution in [0.25, 0.3) is 11.1 Å². The van der Waals surface area contributed by atoms with Crippen LogP contribution in [0.2, 0.25) is 0 Å². The molecule has 13 atom stereocenters. The number of hydrogen-bond donors (Lipinski definition) is 4. The number of amides is 1. The molecule has 0 unspecified atom stereocenters. The third-order valence-electron chi connectivity index (χ3n) is 16.2. The Labute approximate surface area is 427 Å². The van der Waals surface area contributed by atoms with Crippen molar-refractivity contribution in [1.82, 2.24) is 9.80 Å². The molecule has 0 saturated carbocycles. The molecule has 3 aliphatic heterocycles. The Balaban J connectivity index is 1.05. The third kappa shape index (κ3) is 13.4. The second-order valence-corrected chi connectivity index (χ2v) is 26.1. The highest BCUT2D eigenvalue weighted by Gasteiger charge is 2.53. The van der Waals surface area contributed by atoms with E-state index in [9.17, 15) is 30.0 Å². The first-order valence-electron chi connectivity index (χ1n) is 27.2. The number of hydrogen-bond acceptors (Lipinski definition) is 10. The zero-order valence-corrected chi connectivity index (χ0v) is 45.7. The fraction of sp³-hybridized carbons (Fsp3) is 0.661. The molecular weight excluding hydrogens is 912 g/mol. The maximum atomic E-state index is 14.3. The number of esters is 1. The van der Waals surface area contributed by atoms with Gasteiger partial charge in [0.25, 0.3) is 0 Å². The molecule has 2 saturated heterocycles. The topological polar surface area (TPSA) is 149 Å². The van der Waals surface area contributed by atoms with Gasteiger partial charge in [0.05, 0.1) is 35.9 Å². The molecule has 3 heterocycles. The van der Waals surface area contributed by atoms with Gasteiger partial charge in [-0.25, -0.2) is 0 Å². The Hall–Kier alpha value is -3.25. The number of likely N-dealkylation sites (N-methyl/N-ethyl adjacent to an activating group) is 1. The largest absolute Gasteiger partial charge is 0.459 e. The molecule has 0 aromatic heterocycles. The highest BCUT2D eigenvalue weighted by atomic mass is 31.2. The molecule has 71 heavy (non-hydrogen) atoms. The van der Waals surface area contributed by atoms with Crippen molar-refractivity contribution < 1.29 is 44.2 Å². The summed E-state index contributed by atoms with van der Waals surface area (Å²) in [4.78, 5) is 31.7. The molecule has 394 valence electrons. The lowest BCUT2D eigenvalue weighted by Gasteiger charge is -2.46. The maximum Gasteiger partial charge on any atom is 0.309 e. The number of carbonyl (C=O) groups is 2. The zero-order valence-electron chi connectivity index (χ0n) is 44.8. The zero-order chi connectivity index (χ0) is 51.7. The summed E-state index contributed by atoms with van der Waals surface area (Å²) in [5, 5.41) is 52.3. The molecule has 0 aliphatic carbocycles. The van der Waals surface area contributed by atoms with Crippen LogP contribution in [0.4, 0.5) is 0 Å². The molecule has 6 rings (SSSR count). The molecule has 0 radical (unpaired) electrons. The Bertz CT molecular complexity index is 2110. The van der Waals surface area contributed by atoms with Crippen molar-refractivity contribution in [3.63, 3.8) is 0 Å². The summed E-state index contributed by atoms with van der Waals surface area (Å²) in [6, 6.07) is 28.3. The number of aliphatic hydroxyl groups excluding tert-OH is 2. The Morgan fingerprint density at radius 3 is 1.92 bits per heavy atom. The summed E-state index contributed by atoms with van der Waals surface area (Å²) < 4.78 is 18.8. The van der Waals surface area contributed by atoms with Crippen molar-refractivity contribution in [3.8, 4) is 11.1 Å². The first-order valence-corrected chi connectivity index (χ1v) is 29.1. The van der Waals surface area contributed by atoms with Gasteiger partial charge in [-0.2, -0.15) is 0 Å². The number of cyclic esters (lactones) is 1. The minimum absolute atomic E-state index is 0.131. The molecule has 3 aromatic rings. The van der Waals surface area contributed by atoms with Crippen LogP contribution in [-0.4, -0.2) is 129 Å². The van der Waals surface area contributed by atoms with E-state index in [4.69, 9.17) is 14.2 Å². The van der Waals surface area contributed by atoms with Crippen LogP contribution in [-0.2, 0) is 23.8 Å². The number of rotatable bonds is 17. The van der Waals surface area contributed by atoms with Crippen molar-refractivity contribution in [2.75, 3.05) is 26.8 Å². The van der Waals surface area contributed by atoms with Crippen LogP contribution < -0.4 is 15.9 Å². The summed E-state index contributed by atoms with van der Waals surface area (Å²) in [7, 11) is 2.08. The van der Waals surface area contributed by atoms with Crippen LogP contribution >= 0.6 is 7.26 Å². The van der Waals surface area contributed by atoms with Crippen molar-refractivity contribution in [2.24, 2.45) is 17.8 Å². The van der Waals surface area contributed by atoms with Gasteiger partial charge in [0.2, 0.25) is 5.91 Å². The predicted molar refractivity (Wildman–Crippen MR) is 288 cm³/mol. The normalized spacial score (nSPS) is 32.6. The smallest absolute Gasteiger partial charge is 0.309 e. The van der Waals surface area contributed by atoms with Gasteiger partial charge in [0, 0.05) is 30.1 Å². The van der Waals surface area contributed by atoms with E-state index in [1.807, 2.05) is 39.8 Å². The van der Waals surface area contributed by atoms with E-state index < -0.39 is 73.0 Å². The number of carbonyl (C=O) groups excluding carboxylic acids is 2. The molecule has 2 fully saturated rings. The van der Waals surface area contributed by atoms with Gasteiger partial charge in [-0.1, -0.05) is 121 Å². The van der Waals surface area contributed by atoms with Crippen molar-refractivity contribution >= 4 is 35.1 Å². The van der Waals surface area contributed by atoms with Crippen LogP contribution in [0.1, 0.15) is 145 Å². The summed E-state index contributed by atoms with van der Waals surface area (Å²) in [5.74, 6) is -1.98. The number of nitrogens with zero attached hydrogens (tertiary/aromatic N) is 2. The molecule has 12 heteroatoms. The minimum atomic E-state index is -1.86. The van der Waals surface area contributed by atoms with Gasteiger partial charge in [0.15, 0.2) is 6.29 Å². The van der Waals surface area contributed by atoms with Gasteiger partial charge in [-0.3, -0.25) is 9.59 Å². The van der Waals surface area contributed by atoms with Gasteiger partial charge >= 0.3 is 5.97 Å². The predicted octanol–water partition coefficient (Wildman–Crippen LogP) is 8.78. The fourth-order valence-corrected chi connectivity index (χ4v) is 17.3. The van der Waals surface area contributed by atoms with E-state index in [1.54, 1.807) is 32.6 Å². The maximum absolute atomic E-state index is 14.3. The average Bonchev–Trinajstić information content (AvgIpc) is 3.63. The Morgan fingerprint density at radius 1 is 0.789 bits per heavy atom. The van der Waals surface area contributed by atoms with Gasteiger partial charge in [-0.05, 0) is 123 Å². The standard InChI is InChI=1S/C59H90N2O9P/c1-11-51-59(8,67)54(64)44(6)61(39-40(2)38-58(7,66)55(41(3)36-42(4)56(65)69-51)70-57-53(63)48(60(9)10)37-43(5)68-57)52(62)34-22-17-15-13-12-14-16-18-27-35-71(45-28-20-19-21-29-45)49-32-25-23-30-46(49)47-31-24-26-33-50(47)71/h19-21,23-26,28-33,40-44,48,51,53-55,57,63-64,66-67H,11-18,22,27,34-39H2,1-10H3/q+1/t40-,41+,42-,43-,44-,48+,51-,53-,54-,55-,57+,58-,59-/m1/s1. The SMILES string of the molecule is CC[C@H]1OC(=O)[C@H](C)C[C@H](C)[C@@H](O[C@@H]2O[C@H](C)C[C@H](N(C)C)[C@H]2O)[C@](C)(O)C[C@@H](C)CN(C(=O)CCCCCCCCCCC[P+]2(c3ccccc3)c3ccccc3-c3ccccc32)[C@H](C)[C@@H](O)[C@]1(C)O. The lowest BCUT2D eigenvalue weighted by atomic mass is 9.79. The summed E-state index contributed by atoms with van der Waals surface area (Å²) in [6.07, 6.45) is 7.01. The van der Waals surface area contributed by atoms with Crippen molar-refractivity contribution in [3.05, 3.63) is 78.9 Å². The summed E-state index contributed by atoms with van der Waals surface area (Å²) >= 11 is 0. The molecule has 3 aliphatic rings. The number of unbranched alkanes of at least 4 members (excludes halogenated alkanes) is 8. The first kappa shape index (κ1) is 57.0. The molecular formula is C59H90N2O9P+. The van der Waals surface area contributed by atoms with Crippen LogP contribution in [0.15, 0.2) is 78.9 Å². The summed E-state index contributed by atoms with van der Waals surface area (Å²) in [6.45, 7) is 14.5. The van der Waals surface area contributed by atoms with Gasteiger partial charge in [0.1, 0.15) is 47.1 Å². The highest BCUT2D eigenvalue weighted by molar-refractivity contribution is 7.96. The van der Waals surface area contributed by atoms with E-state index in [0.29, 0.717) is 12.8 Å². The monoisotopic (exact) mass is 1000 g/mol. The van der Waals surface area contributed by atoms with Gasteiger partial charge < -0.3 is 44.4 Å². The van der Waals surface area contributed by atoms with E-state index in [0.717, 1.165) is 25.7 Å². The van der Waals surface area contributed by atoms with Crippen molar-refractivity contribution in [1.29, 1.82) is 0 Å². The molecule has 1 amide bonds. The molecule has 0 bridgehead atoms. The molecule has 0 spiro atoms. The lowest BCUT2D eigenvalue weighted by Crippen LogP contribution is -2.60. The number of ether oxygens (including phenoxy) is 3. The molecule has 4 N–H and O–H groups in total. The first-order chi connectivity index (χ1) is 33.7. The number of benzene rings is 3. The van der Waals surface area contributed by atoms with Crippen LogP contribution in [0, 0.1) is 17.8 Å². The average molecular weight is 1000 g/mol. The fourth-order valence-electron chi connectivity index (χ4n) is 12.4. The number of aliphatic hydroxyl groups is 4. The van der Waals surface area contributed by atoms with Gasteiger partial charge in [-0.15, -0.1) is 0 Å². The lowest BCUT2D eigenvalue weighted by molar-refractivity contribution is -0.295. The third-order valence-corrected chi connectivity index (χ3v) is 20.8. The summed E-state index contributed by atoms with van der Waals surface area (Å²) in [5.41, 5.74) is -0.542. The Morgan fingerprint density at radius 2 is 1.34 bits per heavy atom. The van der Waals surface area contributed by atoms with E-state index in [2.05, 4.69) is 78.9 Å². The molecule has 11 nitrogen and oxygen atoms in total. The highest BCUT2D eigenvalue weighted by Crippen LogP contribution is 2.62. The Kier molecular flexibility index (Phi) is 20.3. The van der Waals surface area contributed by atoms with E-state index in [1.165, 1.54) is 65.8 Å².